The monoisotopic (exact) mass is 185 g/mol. The zero-order chi connectivity index (χ0) is 10.1. The van der Waals surface area contributed by atoms with Gasteiger partial charge in [-0.3, -0.25) is 0 Å². The molecular weight excluding hydrogens is 170 g/mol. The van der Waals surface area contributed by atoms with Gasteiger partial charge in [0.05, 0.1) is 5.54 Å². The van der Waals surface area contributed by atoms with E-state index in [4.69, 9.17) is 15.0 Å². The summed E-state index contributed by atoms with van der Waals surface area (Å²) < 4.78 is 10.0. The summed E-state index contributed by atoms with van der Waals surface area (Å²) in [5, 5.41) is 3.77. The minimum Gasteiger partial charge on any atom is -0.372 e. The van der Waals surface area contributed by atoms with Crippen molar-refractivity contribution in [3.05, 3.63) is 11.7 Å². The molecule has 5 nitrogen and oxygen atoms in total. The predicted octanol–water partition coefficient (Wildman–Crippen LogP) is 0.971. The summed E-state index contributed by atoms with van der Waals surface area (Å²) in [6.07, 6.45) is -0.191. The molecule has 0 fully saturated rings. The molecule has 5 heteroatoms. The lowest BCUT2D eigenvalue weighted by atomic mass is 10.1. The smallest absolute Gasteiger partial charge is 0.255 e. The molecule has 0 saturated heterocycles. The molecule has 1 aromatic rings. The van der Waals surface area contributed by atoms with Gasteiger partial charge in [0, 0.05) is 7.11 Å². The molecule has 1 atom stereocenters. The normalized spacial score (nSPS) is 14.5. The lowest BCUT2D eigenvalue weighted by molar-refractivity contribution is 0.0886. The molecule has 0 amide bonds. The fraction of sp³-hybridized carbons (Fsp3) is 0.750. The number of ether oxygens (including phenoxy) is 1. The van der Waals surface area contributed by atoms with Gasteiger partial charge >= 0.3 is 0 Å². The highest BCUT2D eigenvalue weighted by molar-refractivity contribution is 4.99. The van der Waals surface area contributed by atoms with Crippen molar-refractivity contribution in [2.75, 3.05) is 7.11 Å². The van der Waals surface area contributed by atoms with E-state index in [1.54, 1.807) is 7.11 Å². The maximum Gasteiger partial charge on any atom is 0.255 e. The Kier molecular flexibility index (Phi) is 2.68. The van der Waals surface area contributed by atoms with Gasteiger partial charge in [-0.15, -0.1) is 0 Å². The highest BCUT2D eigenvalue weighted by Gasteiger charge is 2.23. The Morgan fingerprint density at radius 1 is 1.54 bits per heavy atom. The van der Waals surface area contributed by atoms with Crippen LogP contribution < -0.4 is 5.73 Å². The Morgan fingerprint density at radius 3 is 2.54 bits per heavy atom. The Balaban J connectivity index is 2.87. The van der Waals surface area contributed by atoms with Crippen LogP contribution in [-0.4, -0.2) is 17.3 Å². The van der Waals surface area contributed by atoms with Gasteiger partial charge in [-0.1, -0.05) is 5.16 Å². The van der Waals surface area contributed by atoms with E-state index in [-0.39, 0.29) is 6.10 Å². The third-order valence-electron chi connectivity index (χ3n) is 1.72. The summed E-state index contributed by atoms with van der Waals surface area (Å²) in [4.78, 5) is 4.12. The molecule has 0 saturated carbocycles. The van der Waals surface area contributed by atoms with Crippen molar-refractivity contribution in [1.82, 2.24) is 10.1 Å². The van der Waals surface area contributed by atoms with Gasteiger partial charge in [-0.05, 0) is 20.8 Å². The molecule has 0 aromatic carbocycles. The number of nitrogens with two attached hydrogens (primary N) is 1. The van der Waals surface area contributed by atoms with Crippen LogP contribution in [0.4, 0.5) is 0 Å². The average Bonchev–Trinajstić information content (AvgIpc) is 2.50. The largest absolute Gasteiger partial charge is 0.372 e. The van der Waals surface area contributed by atoms with Gasteiger partial charge in [0.25, 0.3) is 5.89 Å². The maximum atomic E-state index is 5.79. The molecule has 74 valence electrons. The number of rotatable bonds is 3. The first kappa shape index (κ1) is 10.1. The molecule has 0 bridgehead atoms. The van der Waals surface area contributed by atoms with Gasteiger partial charge < -0.3 is 15.0 Å². The number of hydrogen-bond acceptors (Lipinski definition) is 5. The van der Waals surface area contributed by atoms with Crippen molar-refractivity contribution < 1.29 is 9.26 Å². The topological polar surface area (TPSA) is 74.2 Å². The van der Waals surface area contributed by atoms with E-state index in [0.29, 0.717) is 11.7 Å². The van der Waals surface area contributed by atoms with E-state index in [1.807, 2.05) is 20.8 Å². The molecule has 13 heavy (non-hydrogen) atoms. The third-order valence-corrected chi connectivity index (χ3v) is 1.72. The second-order valence-corrected chi connectivity index (χ2v) is 3.56. The highest BCUT2D eigenvalue weighted by atomic mass is 16.5. The molecule has 0 radical (unpaired) electrons. The first-order valence-corrected chi connectivity index (χ1v) is 4.11. The van der Waals surface area contributed by atoms with Crippen molar-refractivity contribution >= 4 is 0 Å². The van der Waals surface area contributed by atoms with E-state index in [9.17, 15) is 0 Å². The van der Waals surface area contributed by atoms with Crippen molar-refractivity contribution in [2.45, 2.75) is 32.4 Å². The zero-order valence-electron chi connectivity index (χ0n) is 8.37. The summed E-state index contributed by atoms with van der Waals surface area (Å²) in [7, 11) is 1.59. The average molecular weight is 185 g/mol. The van der Waals surface area contributed by atoms with E-state index >= 15 is 0 Å². The Bertz CT molecular complexity index is 277. The van der Waals surface area contributed by atoms with Gasteiger partial charge in [-0.25, -0.2) is 0 Å². The number of nitrogens with zero attached hydrogens (tertiary/aromatic N) is 2. The Morgan fingerprint density at radius 2 is 2.15 bits per heavy atom. The van der Waals surface area contributed by atoms with Crippen molar-refractivity contribution in [3.63, 3.8) is 0 Å². The maximum absolute atomic E-state index is 5.79. The zero-order valence-corrected chi connectivity index (χ0v) is 8.37. The van der Waals surface area contributed by atoms with Crippen LogP contribution in [0.3, 0.4) is 0 Å². The molecule has 0 aliphatic heterocycles. The van der Waals surface area contributed by atoms with Crippen LogP contribution in [0, 0.1) is 0 Å². The lowest BCUT2D eigenvalue weighted by Gasteiger charge is -2.11. The molecule has 0 aliphatic carbocycles. The van der Waals surface area contributed by atoms with E-state index in [0.717, 1.165) is 0 Å². The van der Waals surface area contributed by atoms with Crippen molar-refractivity contribution in [3.8, 4) is 0 Å². The minimum atomic E-state index is -0.574. The first-order valence-electron chi connectivity index (χ1n) is 4.11. The summed E-state index contributed by atoms with van der Waals surface area (Å²) in [5.41, 5.74) is 5.21. The van der Waals surface area contributed by atoms with Crippen LogP contribution in [-0.2, 0) is 10.3 Å². The van der Waals surface area contributed by atoms with Gasteiger partial charge in [0.2, 0.25) is 0 Å². The van der Waals surface area contributed by atoms with Crippen LogP contribution in [0.5, 0.6) is 0 Å². The van der Waals surface area contributed by atoms with Crippen molar-refractivity contribution in [1.29, 1.82) is 0 Å². The molecule has 0 aliphatic rings. The predicted molar refractivity (Wildman–Crippen MR) is 46.9 cm³/mol. The quantitative estimate of drug-likeness (QED) is 0.759. The molecule has 0 spiro atoms. The van der Waals surface area contributed by atoms with Crippen LogP contribution in [0.15, 0.2) is 4.52 Å². The van der Waals surface area contributed by atoms with E-state index in [2.05, 4.69) is 10.1 Å². The van der Waals surface area contributed by atoms with Gasteiger partial charge in [0.1, 0.15) is 6.10 Å². The molecule has 1 rings (SSSR count). The summed E-state index contributed by atoms with van der Waals surface area (Å²) in [5.74, 6) is 0.947. The second-order valence-electron chi connectivity index (χ2n) is 3.56. The number of aromatic nitrogens is 2. The summed E-state index contributed by atoms with van der Waals surface area (Å²) >= 11 is 0. The summed E-state index contributed by atoms with van der Waals surface area (Å²) in [6, 6.07) is 0. The third kappa shape index (κ3) is 2.26. The van der Waals surface area contributed by atoms with E-state index < -0.39 is 5.54 Å². The lowest BCUT2D eigenvalue weighted by Crippen LogP contribution is -2.30. The number of hydrogen-bond donors (Lipinski definition) is 1. The molecule has 1 unspecified atom stereocenters. The summed E-state index contributed by atoms with van der Waals surface area (Å²) in [6.45, 7) is 5.47. The second kappa shape index (κ2) is 3.43. The molecule has 1 heterocycles. The van der Waals surface area contributed by atoms with Gasteiger partial charge in [0.15, 0.2) is 5.82 Å². The molecule has 2 N–H and O–H groups in total. The Hall–Kier alpha value is -0.940. The molecular formula is C8H15N3O2. The number of methoxy groups -OCH3 is 1. The van der Waals surface area contributed by atoms with Gasteiger partial charge in [-0.2, -0.15) is 4.98 Å². The van der Waals surface area contributed by atoms with Crippen molar-refractivity contribution in [2.24, 2.45) is 5.73 Å². The SMILES string of the molecule is COC(C)c1nc(C(C)(C)N)no1. The van der Waals surface area contributed by atoms with Crippen LogP contribution in [0.2, 0.25) is 0 Å². The standard InChI is InChI=1S/C8H15N3O2/c1-5(12-4)6-10-7(11-13-6)8(2,3)9/h5H,9H2,1-4H3. The minimum absolute atomic E-state index is 0.191. The first-order chi connectivity index (χ1) is 5.95. The van der Waals surface area contributed by atoms with Crippen LogP contribution in [0.25, 0.3) is 0 Å². The van der Waals surface area contributed by atoms with E-state index in [1.165, 1.54) is 0 Å². The highest BCUT2D eigenvalue weighted by Crippen LogP contribution is 2.17. The Labute approximate surface area is 77.3 Å². The fourth-order valence-electron chi connectivity index (χ4n) is 0.763. The van der Waals surface area contributed by atoms with Crippen LogP contribution >= 0.6 is 0 Å². The van der Waals surface area contributed by atoms with Crippen LogP contribution in [0.1, 0.15) is 38.6 Å². The molecule has 1 aromatic heterocycles. The fourth-order valence-corrected chi connectivity index (χ4v) is 0.763.